The smallest absolute Gasteiger partial charge is 0.161 e. The predicted molar refractivity (Wildman–Crippen MR) is 95.2 cm³/mol. The Kier molecular flexibility index (Phi) is 4.99. The van der Waals surface area contributed by atoms with E-state index in [2.05, 4.69) is 29.2 Å². The Morgan fingerprint density at radius 1 is 1.21 bits per heavy atom. The van der Waals surface area contributed by atoms with Crippen LogP contribution in [0.3, 0.4) is 0 Å². The standard InChI is InChI=1S/C19H28N2O3/c1-5-24-20-15-8-9-19(10-11-21(2)18(19)13-15)14-6-7-16(22-3)17(12-14)23-4/h6-7,12,18H,5,8-11,13H2,1-4H3/t18-,19-/m0/s1. The number of nitrogens with zero attached hydrogens (tertiary/aromatic N) is 2. The molecule has 5 nitrogen and oxygen atoms in total. The van der Waals surface area contributed by atoms with Crippen LogP contribution in [0, 0.1) is 0 Å². The van der Waals surface area contributed by atoms with Crippen molar-refractivity contribution in [3.05, 3.63) is 23.8 Å². The molecule has 2 fully saturated rings. The first kappa shape index (κ1) is 17.1. The summed E-state index contributed by atoms with van der Waals surface area (Å²) in [5, 5.41) is 4.33. The van der Waals surface area contributed by atoms with Gasteiger partial charge in [-0.15, -0.1) is 0 Å². The Labute approximate surface area is 144 Å². The van der Waals surface area contributed by atoms with Crippen LogP contribution in [0.2, 0.25) is 0 Å². The first-order valence-corrected chi connectivity index (χ1v) is 8.75. The van der Waals surface area contributed by atoms with Crippen molar-refractivity contribution < 1.29 is 14.3 Å². The van der Waals surface area contributed by atoms with Crippen molar-refractivity contribution in [2.24, 2.45) is 5.16 Å². The second kappa shape index (κ2) is 7.01. The largest absolute Gasteiger partial charge is 0.493 e. The fraction of sp³-hybridized carbons (Fsp3) is 0.632. The van der Waals surface area contributed by atoms with E-state index in [1.807, 2.05) is 13.0 Å². The van der Waals surface area contributed by atoms with E-state index < -0.39 is 0 Å². The number of hydrogen-bond donors (Lipinski definition) is 0. The van der Waals surface area contributed by atoms with Crippen LogP contribution < -0.4 is 9.47 Å². The predicted octanol–water partition coefficient (Wildman–Crippen LogP) is 3.22. The maximum Gasteiger partial charge on any atom is 0.161 e. The van der Waals surface area contributed by atoms with Gasteiger partial charge < -0.3 is 19.2 Å². The molecule has 0 amide bonds. The second-order valence-electron chi connectivity index (χ2n) is 6.75. The first-order valence-electron chi connectivity index (χ1n) is 8.75. The highest BCUT2D eigenvalue weighted by Gasteiger charge is 2.50. The van der Waals surface area contributed by atoms with Gasteiger partial charge in [-0.2, -0.15) is 0 Å². The maximum atomic E-state index is 5.53. The van der Waals surface area contributed by atoms with Gasteiger partial charge >= 0.3 is 0 Å². The van der Waals surface area contributed by atoms with Gasteiger partial charge in [0.25, 0.3) is 0 Å². The van der Waals surface area contributed by atoms with Crippen molar-refractivity contribution in [2.75, 3.05) is 34.4 Å². The average molecular weight is 332 g/mol. The van der Waals surface area contributed by atoms with E-state index >= 15 is 0 Å². The molecule has 0 aromatic heterocycles. The average Bonchev–Trinajstić information content (AvgIpc) is 2.97. The molecule has 24 heavy (non-hydrogen) atoms. The molecule has 0 bridgehead atoms. The van der Waals surface area contributed by atoms with Gasteiger partial charge in [0.15, 0.2) is 11.5 Å². The third-order valence-corrected chi connectivity index (χ3v) is 5.65. The molecule has 0 N–H and O–H groups in total. The van der Waals surface area contributed by atoms with Crippen LogP contribution in [-0.2, 0) is 10.3 Å². The SMILES string of the molecule is CCON=C1CC[C@@]2(c3ccc(OC)c(OC)c3)CCN(C)[C@H]2C1. The number of methoxy groups -OCH3 is 2. The molecule has 1 saturated carbocycles. The maximum absolute atomic E-state index is 5.53. The van der Waals surface area contributed by atoms with E-state index in [4.69, 9.17) is 14.3 Å². The van der Waals surface area contributed by atoms with E-state index in [0.29, 0.717) is 12.6 Å². The van der Waals surface area contributed by atoms with Crippen LogP contribution in [0.25, 0.3) is 0 Å². The summed E-state index contributed by atoms with van der Waals surface area (Å²) >= 11 is 0. The van der Waals surface area contributed by atoms with Crippen molar-refractivity contribution in [2.45, 2.75) is 44.1 Å². The molecule has 1 aliphatic carbocycles. The highest BCUT2D eigenvalue weighted by atomic mass is 16.6. The fourth-order valence-corrected chi connectivity index (χ4v) is 4.32. The number of ether oxygens (including phenoxy) is 2. The van der Waals surface area contributed by atoms with Gasteiger partial charge in [-0.1, -0.05) is 11.2 Å². The van der Waals surface area contributed by atoms with Crippen LogP contribution in [-0.4, -0.2) is 51.1 Å². The summed E-state index contributed by atoms with van der Waals surface area (Å²) in [6.45, 7) is 3.72. The van der Waals surface area contributed by atoms with Gasteiger partial charge in [0.2, 0.25) is 0 Å². The van der Waals surface area contributed by atoms with Crippen LogP contribution in [0.15, 0.2) is 23.4 Å². The zero-order valence-electron chi connectivity index (χ0n) is 15.2. The summed E-state index contributed by atoms with van der Waals surface area (Å²) in [5.74, 6) is 1.60. The Balaban J connectivity index is 1.94. The van der Waals surface area contributed by atoms with E-state index in [0.717, 1.165) is 37.3 Å². The number of likely N-dealkylation sites (tertiary alicyclic amines) is 1. The monoisotopic (exact) mass is 332 g/mol. The molecule has 132 valence electrons. The number of likely N-dealkylation sites (N-methyl/N-ethyl adjacent to an activating group) is 1. The van der Waals surface area contributed by atoms with E-state index in [-0.39, 0.29) is 5.41 Å². The van der Waals surface area contributed by atoms with Gasteiger partial charge in [0.1, 0.15) is 6.61 Å². The molecule has 0 spiro atoms. The lowest BCUT2D eigenvalue weighted by Gasteiger charge is -2.42. The summed E-state index contributed by atoms with van der Waals surface area (Å²) in [4.78, 5) is 7.76. The lowest BCUT2D eigenvalue weighted by atomic mass is 9.65. The Bertz CT molecular complexity index is 617. The highest BCUT2D eigenvalue weighted by Crippen LogP contribution is 2.49. The normalized spacial score (nSPS) is 28.7. The highest BCUT2D eigenvalue weighted by molar-refractivity contribution is 5.86. The number of oxime groups is 1. The topological polar surface area (TPSA) is 43.3 Å². The molecule has 3 rings (SSSR count). The van der Waals surface area contributed by atoms with Gasteiger partial charge in [0, 0.05) is 17.9 Å². The van der Waals surface area contributed by atoms with Crippen molar-refractivity contribution in [1.82, 2.24) is 4.90 Å². The third kappa shape index (κ3) is 2.86. The van der Waals surface area contributed by atoms with E-state index in [9.17, 15) is 0 Å². The molecular weight excluding hydrogens is 304 g/mol. The van der Waals surface area contributed by atoms with Crippen molar-refractivity contribution in [3.63, 3.8) is 0 Å². The zero-order chi connectivity index (χ0) is 17.2. The quantitative estimate of drug-likeness (QED) is 0.777. The molecule has 1 saturated heterocycles. The molecule has 5 heteroatoms. The van der Waals surface area contributed by atoms with Crippen LogP contribution in [0.4, 0.5) is 0 Å². The van der Waals surface area contributed by atoms with Gasteiger partial charge in [-0.25, -0.2) is 0 Å². The van der Waals surface area contributed by atoms with Crippen molar-refractivity contribution in [1.29, 1.82) is 0 Å². The minimum Gasteiger partial charge on any atom is -0.493 e. The number of hydrogen-bond acceptors (Lipinski definition) is 5. The van der Waals surface area contributed by atoms with Gasteiger partial charge in [0.05, 0.1) is 19.9 Å². The Morgan fingerprint density at radius 2 is 2.00 bits per heavy atom. The minimum absolute atomic E-state index is 0.166. The van der Waals surface area contributed by atoms with Crippen LogP contribution in [0.1, 0.15) is 38.2 Å². The molecule has 2 atom stereocenters. The molecule has 0 unspecified atom stereocenters. The van der Waals surface area contributed by atoms with Crippen LogP contribution in [0.5, 0.6) is 11.5 Å². The fourth-order valence-electron chi connectivity index (χ4n) is 4.32. The summed E-state index contributed by atoms with van der Waals surface area (Å²) in [5.41, 5.74) is 2.70. The summed E-state index contributed by atoms with van der Waals surface area (Å²) in [6, 6.07) is 6.86. The Hall–Kier alpha value is -1.75. The first-order chi connectivity index (χ1) is 11.6. The number of rotatable bonds is 5. The lowest BCUT2D eigenvalue weighted by molar-refractivity contribution is 0.152. The third-order valence-electron chi connectivity index (χ3n) is 5.65. The van der Waals surface area contributed by atoms with Gasteiger partial charge in [-0.05, 0) is 57.5 Å². The zero-order valence-corrected chi connectivity index (χ0v) is 15.2. The molecular formula is C19H28N2O3. The Morgan fingerprint density at radius 3 is 2.71 bits per heavy atom. The molecule has 1 heterocycles. The van der Waals surface area contributed by atoms with Crippen molar-refractivity contribution >= 4 is 5.71 Å². The van der Waals surface area contributed by atoms with Crippen molar-refractivity contribution in [3.8, 4) is 11.5 Å². The second-order valence-corrected chi connectivity index (χ2v) is 6.75. The number of fused-ring (bicyclic) bond motifs is 1. The lowest BCUT2D eigenvalue weighted by Crippen LogP contribution is -2.46. The van der Waals surface area contributed by atoms with E-state index in [1.54, 1.807) is 14.2 Å². The van der Waals surface area contributed by atoms with Crippen LogP contribution >= 0.6 is 0 Å². The molecule has 1 aliphatic heterocycles. The summed E-state index contributed by atoms with van der Waals surface area (Å²) in [6.07, 6.45) is 4.25. The van der Waals surface area contributed by atoms with Gasteiger partial charge in [-0.3, -0.25) is 0 Å². The molecule has 2 aliphatic rings. The minimum atomic E-state index is 0.166. The summed E-state index contributed by atoms with van der Waals surface area (Å²) < 4.78 is 10.9. The molecule has 1 aromatic carbocycles. The number of benzene rings is 1. The van der Waals surface area contributed by atoms with E-state index in [1.165, 1.54) is 17.7 Å². The summed E-state index contributed by atoms with van der Waals surface area (Å²) in [7, 11) is 5.60. The molecule has 0 radical (unpaired) electrons. The molecule has 1 aromatic rings.